The SMILES string of the molecule is CC(C)CC(CSSc1ncccc1[N+](=O)[O-])NC(=O)[C@H](Cc1ccccc1)NC(=O)CNC(=O)[C@@H](C)NC(=O)[C@@H](N)Cc1ccc(O)cc1. The Morgan fingerprint density at radius 3 is 2.22 bits per heavy atom. The minimum atomic E-state index is -0.996. The molecule has 0 bridgehead atoms. The molecule has 1 heterocycles. The van der Waals surface area contributed by atoms with E-state index < -0.39 is 53.2 Å². The van der Waals surface area contributed by atoms with Crippen LogP contribution in [0.4, 0.5) is 5.69 Å². The molecular formula is C34H43N7O7S2. The topological polar surface area (TPSA) is 219 Å². The van der Waals surface area contributed by atoms with E-state index in [-0.39, 0.29) is 41.3 Å². The van der Waals surface area contributed by atoms with Gasteiger partial charge in [-0.2, -0.15) is 0 Å². The first-order valence-electron chi connectivity index (χ1n) is 16.0. The molecule has 0 aliphatic heterocycles. The van der Waals surface area contributed by atoms with Gasteiger partial charge in [0.25, 0.3) is 0 Å². The number of nitrogens with two attached hydrogens (primary N) is 1. The van der Waals surface area contributed by atoms with E-state index in [2.05, 4.69) is 26.3 Å². The third-order valence-electron chi connectivity index (χ3n) is 7.30. The molecular weight excluding hydrogens is 683 g/mol. The number of aromatic nitrogens is 1. The van der Waals surface area contributed by atoms with Crippen molar-refractivity contribution in [2.45, 2.75) is 69.2 Å². The summed E-state index contributed by atoms with van der Waals surface area (Å²) in [6.07, 6.45) is 2.48. The zero-order valence-corrected chi connectivity index (χ0v) is 29.7. The fraction of sp³-hybridized carbons (Fsp3) is 0.382. The second kappa shape index (κ2) is 20.1. The molecule has 0 aliphatic rings. The molecule has 0 saturated carbocycles. The van der Waals surface area contributed by atoms with E-state index in [1.54, 1.807) is 12.1 Å². The largest absolute Gasteiger partial charge is 0.508 e. The van der Waals surface area contributed by atoms with Crippen molar-refractivity contribution in [2.24, 2.45) is 11.7 Å². The van der Waals surface area contributed by atoms with Crippen LogP contribution in [0.5, 0.6) is 5.75 Å². The number of phenols is 1. The number of hydrogen-bond donors (Lipinski definition) is 6. The lowest BCUT2D eigenvalue weighted by Crippen LogP contribution is -2.54. The van der Waals surface area contributed by atoms with Gasteiger partial charge in [0.1, 0.15) is 17.8 Å². The van der Waals surface area contributed by atoms with E-state index in [9.17, 15) is 34.4 Å². The summed E-state index contributed by atoms with van der Waals surface area (Å²) < 4.78 is 0. The van der Waals surface area contributed by atoms with E-state index in [4.69, 9.17) is 5.73 Å². The van der Waals surface area contributed by atoms with Crippen LogP contribution < -0.4 is 27.0 Å². The van der Waals surface area contributed by atoms with Gasteiger partial charge in [-0.15, -0.1) is 0 Å². The van der Waals surface area contributed by atoms with Crippen molar-refractivity contribution >= 4 is 50.9 Å². The number of amides is 4. The first kappa shape index (κ1) is 39.8. The molecule has 3 aromatic rings. The second-order valence-corrected chi connectivity index (χ2v) is 14.4. The van der Waals surface area contributed by atoms with Gasteiger partial charge in [0, 0.05) is 30.5 Å². The van der Waals surface area contributed by atoms with E-state index in [1.165, 1.54) is 48.2 Å². The molecule has 0 saturated heterocycles. The van der Waals surface area contributed by atoms with Crippen molar-refractivity contribution in [1.29, 1.82) is 0 Å². The third kappa shape index (κ3) is 13.7. The van der Waals surface area contributed by atoms with E-state index in [0.29, 0.717) is 12.2 Å². The highest BCUT2D eigenvalue weighted by atomic mass is 33.1. The Bertz CT molecular complexity index is 1600. The quantitative estimate of drug-likeness (QED) is 0.0600. The van der Waals surface area contributed by atoms with Gasteiger partial charge < -0.3 is 32.1 Å². The average Bonchev–Trinajstić information content (AvgIpc) is 3.08. The molecule has 0 fully saturated rings. The van der Waals surface area contributed by atoms with E-state index >= 15 is 0 Å². The summed E-state index contributed by atoms with van der Waals surface area (Å²) in [5.74, 6) is -1.47. The minimum absolute atomic E-state index is 0.0887. The minimum Gasteiger partial charge on any atom is -0.508 e. The van der Waals surface area contributed by atoms with Crippen LogP contribution in [0.1, 0.15) is 38.3 Å². The summed E-state index contributed by atoms with van der Waals surface area (Å²) >= 11 is 0. The highest BCUT2D eigenvalue weighted by Crippen LogP contribution is 2.36. The van der Waals surface area contributed by atoms with E-state index in [1.807, 2.05) is 44.2 Å². The Morgan fingerprint density at radius 1 is 0.880 bits per heavy atom. The van der Waals surface area contributed by atoms with Gasteiger partial charge in [0.05, 0.1) is 17.5 Å². The molecule has 0 radical (unpaired) electrons. The number of carbonyl (C=O) groups excluding carboxylic acids is 4. The zero-order valence-electron chi connectivity index (χ0n) is 28.0. The normalized spacial score (nSPS) is 13.4. The van der Waals surface area contributed by atoms with Crippen molar-refractivity contribution in [1.82, 2.24) is 26.3 Å². The number of nitrogens with zero attached hydrogens (tertiary/aromatic N) is 2. The predicted molar refractivity (Wildman–Crippen MR) is 193 cm³/mol. The molecule has 1 aromatic heterocycles. The van der Waals surface area contributed by atoms with Gasteiger partial charge in [0.15, 0.2) is 5.03 Å². The van der Waals surface area contributed by atoms with Gasteiger partial charge in [-0.1, -0.05) is 67.1 Å². The van der Waals surface area contributed by atoms with Gasteiger partial charge in [-0.05, 0) is 65.8 Å². The van der Waals surface area contributed by atoms with Crippen LogP contribution in [0.2, 0.25) is 0 Å². The maximum Gasteiger partial charge on any atom is 0.302 e. The number of pyridine rings is 1. The number of nitro groups is 1. The standard InChI is InChI=1S/C34H43N7O7S2/c1-21(2)16-25(20-49-50-34-29(41(47)48)10-7-15-36-34)39-33(46)28(18-23-8-5-4-6-9-23)40-30(43)19-37-31(44)22(3)38-32(45)27(35)17-24-11-13-26(42)14-12-24/h4-15,21-22,25,27-28,42H,16-20,35H2,1-3H3,(H,37,44)(H,38,45)(H,39,46)(H,40,43)/t22-,25?,27+,28+/m1/s1. The van der Waals surface area contributed by atoms with Crippen LogP contribution in [-0.2, 0) is 32.0 Å². The first-order chi connectivity index (χ1) is 23.8. The number of aromatic hydroxyl groups is 1. The molecule has 2 aromatic carbocycles. The third-order valence-corrected chi connectivity index (χ3v) is 9.66. The van der Waals surface area contributed by atoms with Crippen molar-refractivity contribution in [3.63, 3.8) is 0 Å². The summed E-state index contributed by atoms with van der Waals surface area (Å²) in [6.45, 7) is 5.04. The number of nitrogens with one attached hydrogen (secondary N) is 4. The van der Waals surface area contributed by atoms with Crippen LogP contribution in [0.3, 0.4) is 0 Å². The Morgan fingerprint density at radius 2 is 1.56 bits per heavy atom. The fourth-order valence-corrected chi connectivity index (χ4v) is 7.10. The molecule has 16 heteroatoms. The summed E-state index contributed by atoms with van der Waals surface area (Å²) in [5.41, 5.74) is 7.44. The van der Waals surface area contributed by atoms with Crippen LogP contribution >= 0.6 is 21.6 Å². The summed E-state index contributed by atoms with van der Waals surface area (Å²) in [5, 5.41) is 31.8. The Labute approximate surface area is 298 Å². The maximum atomic E-state index is 13.6. The molecule has 4 atom stereocenters. The molecule has 0 aliphatic carbocycles. The van der Waals surface area contributed by atoms with Crippen LogP contribution in [0.25, 0.3) is 0 Å². The lowest BCUT2D eigenvalue weighted by Gasteiger charge is -2.25. The van der Waals surface area contributed by atoms with Crippen molar-refractivity contribution in [3.05, 3.63) is 94.2 Å². The second-order valence-electron chi connectivity index (χ2n) is 12.0. The molecule has 0 spiro atoms. The highest BCUT2D eigenvalue weighted by molar-refractivity contribution is 8.76. The van der Waals surface area contributed by atoms with E-state index in [0.717, 1.165) is 21.9 Å². The van der Waals surface area contributed by atoms with Crippen molar-refractivity contribution in [2.75, 3.05) is 12.3 Å². The summed E-state index contributed by atoms with van der Waals surface area (Å²) in [4.78, 5) is 66.9. The van der Waals surface area contributed by atoms with Gasteiger partial charge in [0.2, 0.25) is 23.6 Å². The molecule has 14 nitrogen and oxygen atoms in total. The molecule has 3 rings (SSSR count). The van der Waals surface area contributed by atoms with Crippen molar-refractivity contribution in [3.8, 4) is 5.75 Å². The summed E-state index contributed by atoms with van der Waals surface area (Å²) in [7, 11) is 2.49. The number of benzene rings is 2. The monoisotopic (exact) mass is 725 g/mol. The van der Waals surface area contributed by atoms with Crippen LogP contribution in [0, 0.1) is 16.0 Å². The number of carbonyl (C=O) groups is 4. The zero-order chi connectivity index (χ0) is 36.6. The van der Waals surface area contributed by atoms with Crippen LogP contribution in [0.15, 0.2) is 78.0 Å². The van der Waals surface area contributed by atoms with Crippen molar-refractivity contribution < 1.29 is 29.2 Å². The first-order valence-corrected chi connectivity index (χ1v) is 18.3. The van der Waals surface area contributed by atoms with Gasteiger partial charge in [-0.25, -0.2) is 4.98 Å². The molecule has 50 heavy (non-hydrogen) atoms. The number of phenolic OH excluding ortho intramolecular Hbond substituents is 1. The smallest absolute Gasteiger partial charge is 0.302 e. The molecule has 7 N–H and O–H groups in total. The number of rotatable bonds is 19. The Hall–Kier alpha value is -4.67. The van der Waals surface area contributed by atoms with Gasteiger partial charge >= 0.3 is 5.69 Å². The molecule has 4 amide bonds. The fourth-order valence-electron chi connectivity index (χ4n) is 4.79. The average molecular weight is 726 g/mol. The van der Waals surface area contributed by atoms with Gasteiger partial charge in [-0.3, -0.25) is 29.3 Å². The Balaban J connectivity index is 1.58. The number of hydrogen-bond acceptors (Lipinski definition) is 11. The Kier molecular flexibility index (Phi) is 16.0. The summed E-state index contributed by atoms with van der Waals surface area (Å²) in [6, 6.07) is 15.1. The predicted octanol–water partition coefficient (Wildman–Crippen LogP) is 2.89. The maximum absolute atomic E-state index is 13.6. The lowest BCUT2D eigenvalue weighted by molar-refractivity contribution is -0.388. The molecule has 1 unspecified atom stereocenters. The van der Waals surface area contributed by atoms with Crippen LogP contribution in [-0.4, -0.2) is 75.1 Å². The lowest BCUT2D eigenvalue weighted by atomic mass is 10.0. The highest BCUT2D eigenvalue weighted by Gasteiger charge is 2.26. The molecule has 268 valence electrons.